The molecule has 0 spiro atoms. The fourth-order valence-corrected chi connectivity index (χ4v) is 2.53. The van der Waals surface area contributed by atoms with Crippen LogP contribution in [0.2, 0.25) is 10.0 Å². The quantitative estimate of drug-likeness (QED) is 0.710. The van der Waals surface area contributed by atoms with Crippen LogP contribution in [-0.4, -0.2) is 22.9 Å². The highest BCUT2D eigenvalue weighted by molar-refractivity contribution is 6.33. The van der Waals surface area contributed by atoms with Crippen molar-refractivity contribution < 1.29 is 8.91 Å². The molecule has 2 aromatic carbocycles. The van der Waals surface area contributed by atoms with Crippen LogP contribution in [0.15, 0.2) is 61.2 Å². The van der Waals surface area contributed by atoms with E-state index in [1.165, 1.54) is 36.9 Å². The molecule has 0 fully saturated rings. The van der Waals surface area contributed by atoms with E-state index in [-0.39, 0.29) is 22.3 Å². The van der Waals surface area contributed by atoms with E-state index in [9.17, 15) is 4.79 Å². The lowest BCUT2D eigenvalue weighted by atomic mass is 10.2. The van der Waals surface area contributed by atoms with Crippen LogP contribution < -0.4 is 10.2 Å². The molecule has 25 heavy (non-hydrogen) atoms. The van der Waals surface area contributed by atoms with E-state index >= 15 is 0 Å². The molecule has 0 saturated carbocycles. The topological polar surface area (TPSA) is 58.1 Å². The van der Waals surface area contributed by atoms with Gasteiger partial charge in [0.15, 0.2) is 0 Å². The van der Waals surface area contributed by atoms with Crippen molar-refractivity contribution in [3.8, 4) is 0 Å². The third-order valence-corrected chi connectivity index (χ3v) is 3.89. The monoisotopic (exact) mass is 375 g/mol. The van der Waals surface area contributed by atoms with Crippen LogP contribution in [0, 0.1) is 0 Å². The summed E-state index contributed by atoms with van der Waals surface area (Å²) in [5, 5.41) is 3.34. The van der Waals surface area contributed by atoms with Crippen molar-refractivity contribution in [1.82, 2.24) is 9.97 Å². The molecule has 126 valence electrons. The maximum atomic E-state index is 12.5. The Labute approximate surface area is 159 Å². The molecule has 3 aromatic rings. The zero-order valence-corrected chi connectivity index (χ0v) is 14.3. The number of hydrogen-bond donors (Lipinski definition) is 1. The number of halogens is 2. The van der Waals surface area contributed by atoms with Gasteiger partial charge in [-0.3, -0.25) is 4.79 Å². The second-order valence-electron chi connectivity index (χ2n) is 5.06. The Hall–Kier alpha value is -2.63. The Kier molecular flexibility index (Phi) is 4.09. The van der Waals surface area contributed by atoms with Crippen LogP contribution in [0.5, 0.6) is 0 Å². The van der Waals surface area contributed by atoms with Gasteiger partial charge in [-0.05, 0) is 36.4 Å². The first kappa shape index (κ1) is 13.6. The average Bonchev–Trinajstić information content (AvgIpc) is 2.64. The number of hydrogen-bond acceptors (Lipinski definition) is 4. The van der Waals surface area contributed by atoms with E-state index in [4.69, 9.17) is 27.3 Å². The van der Waals surface area contributed by atoms with Gasteiger partial charge in [0.1, 0.15) is 6.33 Å². The number of amides is 1. The van der Waals surface area contributed by atoms with Gasteiger partial charge in [0.25, 0.3) is 5.91 Å². The van der Waals surface area contributed by atoms with E-state index < -0.39 is 6.98 Å². The molecular formula is C18H14Cl2N4O. The molecule has 1 amide bonds. The molecule has 1 N–H and O–H groups in total. The van der Waals surface area contributed by atoms with Gasteiger partial charge in [-0.25, -0.2) is 9.97 Å². The zero-order chi connectivity index (χ0) is 20.3. The highest BCUT2D eigenvalue weighted by Crippen LogP contribution is 2.32. The van der Waals surface area contributed by atoms with Crippen LogP contribution in [0.25, 0.3) is 0 Å². The predicted octanol–water partition coefficient (Wildman–Crippen LogP) is 4.80. The second kappa shape index (κ2) is 7.51. The lowest BCUT2D eigenvalue weighted by molar-refractivity contribution is 0.102. The molecule has 0 aliphatic heterocycles. The van der Waals surface area contributed by atoms with Crippen molar-refractivity contribution in [2.75, 3.05) is 17.2 Å². The Morgan fingerprint density at radius 3 is 2.68 bits per heavy atom. The number of nitrogens with zero attached hydrogens (tertiary/aromatic N) is 3. The van der Waals surface area contributed by atoms with E-state index in [0.717, 1.165) is 4.90 Å². The number of benzene rings is 2. The van der Waals surface area contributed by atoms with Gasteiger partial charge >= 0.3 is 0 Å². The predicted molar refractivity (Wildman–Crippen MR) is 101 cm³/mol. The summed E-state index contributed by atoms with van der Waals surface area (Å²) in [7, 11) is 0. The highest BCUT2D eigenvalue weighted by atomic mass is 35.5. The Bertz CT molecular complexity index is 1000. The van der Waals surface area contributed by atoms with Crippen molar-refractivity contribution in [2.24, 2.45) is 0 Å². The first-order valence-electron chi connectivity index (χ1n) is 8.67. The molecule has 1 aromatic heterocycles. The Morgan fingerprint density at radius 2 is 1.96 bits per heavy atom. The highest BCUT2D eigenvalue weighted by Gasteiger charge is 2.12. The molecule has 0 atom stereocenters. The summed E-state index contributed by atoms with van der Waals surface area (Å²) < 4.78 is 23.6. The fraction of sp³-hybridized carbons (Fsp3) is 0.0556. The summed E-state index contributed by atoms with van der Waals surface area (Å²) >= 11 is 12.2. The van der Waals surface area contributed by atoms with Crippen molar-refractivity contribution in [3.05, 3.63) is 76.8 Å². The number of carbonyl (C=O) groups is 1. The largest absolute Gasteiger partial charge is 0.341 e. The molecule has 7 heteroatoms. The molecule has 0 aliphatic carbocycles. The fourth-order valence-electron chi connectivity index (χ4n) is 2.14. The Morgan fingerprint density at radius 1 is 1.16 bits per heavy atom. The molecule has 1 heterocycles. The lowest BCUT2D eigenvalue weighted by Gasteiger charge is -2.20. The first-order valence-corrected chi connectivity index (χ1v) is 7.93. The minimum atomic E-state index is -2.55. The Balaban J connectivity index is 1.97. The van der Waals surface area contributed by atoms with Crippen molar-refractivity contribution in [2.45, 2.75) is 0 Å². The molecule has 0 radical (unpaired) electrons. The van der Waals surface area contributed by atoms with Gasteiger partial charge in [0, 0.05) is 27.4 Å². The number of nitrogens with one attached hydrogen (secondary N) is 1. The summed E-state index contributed by atoms with van der Waals surface area (Å²) in [4.78, 5) is 21.2. The summed E-state index contributed by atoms with van der Waals surface area (Å²) in [5.41, 5.74) is 1.16. The lowest BCUT2D eigenvalue weighted by Crippen LogP contribution is -2.14. The summed E-state index contributed by atoms with van der Waals surface area (Å²) in [6.45, 7) is -2.55. The second-order valence-corrected chi connectivity index (χ2v) is 5.91. The number of aromatic nitrogens is 2. The van der Waals surface area contributed by atoms with Crippen LogP contribution in [-0.2, 0) is 0 Å². The van der Waals surface area contributed by atoms with Crippen molar-refractivity contribution in [3.63, 3.8) is 0 Å². The van der Waals surface area contributed by atoms with Gasteiger partial charge < -0.3 is 10.2 Å². The minimum Gasteiger partial charge on any atom is -0.341 e. The molecule has 0 unspecified atom stereocenters. The van der Waals surface area contributed by atoms with E-state index in [1.54, 1.807) is 24.3 Å². The smallest absolute Gasteiger partial charge is 0.255 e. The summed E-state index contributed by atoms with van der Waals surface area (Å²) in [6, 6.07) is 11.0. The zero-order valence-electron chi connectivity index (χ0n) is 15.8. The van der Waals surface area contributed by atoms with Gasteiger partial charge in [-0.1, -0.05) is 29.3 Å². The van der Waals surface area contributed by atoms with Gasteiger partial charge in [0.05, 0.1) is 28.8 Å². The van der Waals surface area contributed by atoms with E-state index in [2.05, 4.69) is 15.3 Å². The third kappa shape index (κ3) is 4.07. The van der Waals surface area contributed by atoms with E-state index in [1.807, 2.05) is 0 Å². The molecule has 0 saturated heterocycles. The van der Waals surface area contributed by atoms with Crippen molar-refractivity contribution >= 4 is 46.2 Å². The first-order chi connectivity index (χ1) is 13.3. The summed E-state index contributed by atoms with van der Waals surface area (Å²) in [6.07, 6.45) is 4.03. The molecular weight excluding hydrogens is 359 g/mol. The van der Waals surface area contributed by atoms with E-state index in [0.29, 0.717) is 16.3 Å². The molecule has 0 aliphatic rings. The number of rotatable bonds is 4. The standard InChI is InChI=1S/C18H14Cl2N4O/c1-24(15-9-21-11-22-10-15)17-8-14(5-6-16(17)20)23-18(25)12-3-2-4-13(19)7-12/h2-11H,1H3,(H,23,25)/i1D3. The average molecular weight is 376 g/mol. The normalized spacial score (nSPS) is 12.6. The third-order valence-electron chi connectivity index (χ3n) is 3.34. The maximum Gasteiger partial charge on any atom is 0.255 e. The van der Waals surface area contributed by atoms with Crippen LogP contribution in [0.4, 0.5) is 17.1 Å². The van der Waals surface area contributed by atoms with Crippen LogP contribution in [0.3, 0.4) is 0 Å². The van der Waals surface area contributed by atoms with Crippen LogP contribution >= 0.6 is 23.2 Å². The number of anilines is 3. The SMILES string of the molecule is [2H]C([2H])([2H])N(c1cncnc1)c1cc(NC(=O)c2cccc(Cl)c2)ccc1Cl. The van der Waals surface area contributed by atoms with Gasteiger partial charge in [0.2, 0.25) is 0 Å². The number of carbonyl (C=O) groups excluding carboxylic acids is 1. The summed E-state index contributed by atoms with van der Waals surface area (Å²) in [5.74, 6) is -0.390. The molecule has 5 nitrogen and oxygen atoms in total. The maximum absolute atomic E-state index is 12.5. The van der Waals surface area contributed by atoms with Gasteiger partial charge in [-0.15, -0.1) is 0 Å². The minimum absolute atomic E-state index is 0.181. The van der Waals surface area contributed by atoms with Gasteiger partial charge in [-0.2, -0.15) is 0 Å². The molecule has 3 rings (SSSR count). The van der Waals surface area contributed by atoms with Crippen LogP contribution in [0.1, 0.15) is 14.5 Å². The molecule has 0 bridgehead atoms. The van der Waals surface area contributed by atoms with Crippen molar-refractivity contribution in [1.29, 1.82) is 0 Å².